The highest BCUT2D eigenvalue weighted by molar-refractivity contribution is 6.08. The van der Waals surface area contributed by atoms with E-state index in [9.17, 15) is 14.7 Å². The predicted octanol–water partition coefficient (Wildman–Crippen LogP) is 4.97. The molecule has 0 spiro atoms. The molecule has 0 bridgehead atoms. The summed E-state index contributed by atoms with van der Waals surface area (Å²) in [6.07, 6.45) is 5.15. The number of ether oxygens (including phenoxy) is 1. The number of aliphatic carboxylic acids is 1. The molecule has 2 aliphatic carbocycles. The van der Waals surface area contributed by atoms with Gasteiger partial charge in [0.05, 0.1) is 11.6 Å². The Morgan fingerprint density at radius 3 is 2.53 bits per heavy atom. The Kier molecular flexibility index (Phi) is 8.24. The van der Waals surface area contributed by atoms with Gasteiger partial charge in [0.25, 0.3) is 0 Å². The number of carboxylic acid groups (broad SMARTS) is 1. The van der Waals surface area contributed by atoms with Gasteiger partial charge in [-0.25, -0.2) is 4.98 Å². The van der Waals surface area contributed by atoms with Gasteiger partial charge in [0.2, 0.25) is 5.90 Å². The van der Waals surface area contributed by atoms with E-state index in [-0.39, 0.29) is 17.7 Å². The molecule has 0 aliphatic heterocycles. The van der Waals surface area contributed by atoms with Crippen LogP contribution in [0.15, 0.2) is 36.1 Å². The van der Waals surface area contributed by atoms with Crippen LogP contribution >= 0.6 is 0 Å². The zero-order chi connectivity index (χ0) is 26.6. The van der Waals surface area contributed by atoms with Crippen molar-refractivity contribution in [2.45, 2.75) is 65.9 Å². The lowest BCUT2D eigenvalue weighted by atomic mass is 9.68. The zero-order valence-electron chi connectivity index (χ0n) is 21.8. The maximum atomic E-state index is 13.1. The first-order valence-electron chi connectivity index (χ1n) is 12.3. The van der Waals surface area contributed by atoms with Crippen molar-refractivity contribution in [1.82, 2.24) is 4.98 Å². The fraction of sp³-hybridized carbons (Fsp3) is 0.500. The van der Waals surface area contributed by atoms with Gasteiger partial charge >= 0.3 is 11.9 Å². The number of allylic oxidation sites excluding steroid dienone is 2. The van der Waals surface area contributed by atoms with Crippen molar-refractivity contribution in [1.29, 1.82) is 5.41 Å². The van der Waals surface area contributed by atoms with Crippen molar-refractivity contribution >= 4 is 29.3 Å². The molecule has 0 saturated heterocycles. The molecule has 8 nitrogen and oxygen atoms in total. The Morgan fingerprint density at radius 1 is 1.31 bits per heavy atom. The summed E-state index contributed by atoms with van der Waals surface area (Å²) in [7, 11) is 1.73. The van der Waals surface area contributed by atoms with Crippen LogP contribution in [0.25, 0.3) is 0 Å². The number of hydrogen-bond acceptors (Lipinski definition) is 6. The van der Waals surface area contributed by atoms with Crippen molar-refractivity contribution in [3.05, 3.63) is 41.8 Å². The third kappa shape index (κ3) is 5.78. The lowest BCUT2D eigenvalue weighted by molar-refractivity contribution is -0.149. The van der Waals surface area contributed by atoms with Crippen LogP contribution in [0.1, 0.15) is 65.5 Å². The van der Waals surface area contributed by atoms with E-state index in [0.29, 0.717) is 42.4 Å². The average molecular weight is 493 g/mol. The van der Waals surface area contributed by atoms with Crippen LogP contribution in [-0.4, -0.2) is 41.0 Å². The third-order valence-corrected chi connectivity index (χ3v) is 7.00. The summed E-state index contributed by atoms with van der Waals surface area (Å²) in [4.78, 5) is 30.8. The Bertz CT molecular complexity index is 1150. The highest BCUT2D eigenvalue weighted by atomic mass is 16.5. The van der Waals surface area contributed by atoms with Crippen LogP contribution in [0.4, 0.5) is 11.5 Å². The second-order valence-electron chi connectivity index (χ2n) is 10.0. The highest BCUT2D eigenvalue weighted by Crippen LogP contribution is 2.43. The summed E-state index contributed by atoms with van der Waals surface area (Å²) >= 11 is 0. The van der Waals surface area contributed by atoms with Gasteiger partial charge in [-0.05, 0) is 80.9 Å². The summed E-state index contributed by atoms with van der Waals surface area (Å²) in [5, 5.41) is 21.3. The molecule has 3 rings (SSSR count). The lowest BCUT2D eigenvalue weighted by Crippen LogP contribution is -2.40. The van der Waals surface area contributed by atoms with Crippen molar-refractivity contribution in [3.63, 3.8) is 0 Å². The van der Waals surface area contributed by atoms with E-state index in [1.165, 1.54) is 4.90 Å². The average Bonchev–Trinajstić information content (AvgIpc) is 3.66. The molecule has 2 fully saturated rings. The number of pyridine rings is 1. The number of nitrogens with one attached hydrogen (secondary N) is 2. The van der Waals surface area contributed by atoms with Crippen molar-refractivity contribution < 1.29 is 19.4 Å². The van der Waals surface area contributed by atoms with Crippen molar-refractivity contribution in [2.75, 3.05) is 17.3 Å². The van der Waals surface area contributed by atoms with Crippen LogP contribution in [0, 0.1) is 34.5 Å². The minimum Gasteiger partial charge on any atom is -0.481 e. The first-order valence-corrected chi connectivity index (χ1v) is 12.3. The quantitative estimate of drug-likeness (QED) is 0.204. The second-order valence-corrected chi connectivity index (χ2v) is 10.0. The number of rotatable bonds is 8. The zero-order valence-corrected chi connectivity index (χ0v) is 21.8. The predicted molar refractivity (Wildman–Crippen MR) is 141 cm³/mol. The summed E-state index contributed by atoms with van der Waals surface area (Å²) in [5.41, 5.74) is 1.92. The van der Waals surface area contributed by atoms with Gasteiger partial charge in [-0.2, -0.15) is 0 Å². The SMILES string of the molecule is C=C(/C(=C\C)N(C(=O)C#CC)c1ccc(NC)c(C(=N)OC2CCC(C(=O)O)C(C)(C)C2)n1)C1CC1. The van der Waals surface area contributed by atoms with Gasteiger partial charge in [0, 0.05) is 12.7 Å². The maximum absolute atomic E-state index is 13.1. The molecule has 1 amide bonds. The maximum Gasteiger partial charge on any atom is 0.308 e. The molecule has 2 saturated carbocycles. The van der Waals surface area contributed by atoms with Crippen LogP contribution in [0.2, 0.25) is 0 Å². The van der Waals surface area contributed by atoms with E-state index < -0.39 is 23.2 Å². The smallest absolute Gasteiger partial charge is 0.308 e. The Labute approximate surface area is 213 Å². The fourth-order valence-electron chi connectivity index (χ4n) is 4.90. The minimum absolute atomic E-state index is 0.132. The molecule has 0 radical (unpaired) electrons. The molecule has 192 valence electrons. The minimum atomic E-state index is -0.798. The number of carbonyl (C=O) groups excluding carboxylic acids is 1. The molecule has 1 heterocycles. The normalized spacial score (nSPS) is 21.0. The van der Waals surface area contributed by atoms with Gasteiger partial charge < -0.3 is 15.2 Å². The van der Waals surface area contributed by atoms with Gasteiger partial charge in [-0.1, -0.05) is 32.4 Å². The molecular formula is C28H36N4O4. The van der Waals surface area contributed by atoms with Crippen LogP contribution < -0.4 is 10.2 Å². The molecule has 1 aromatic rings. The van der Waals surface area contributed by atoms with E-state index in [2.05, 4.69) is 28.7 Å². The Morgan fingerprint density at radius 2 is 2.00 bits per heavy atom. The first kappa shape index (κ1) is 27.0. The fourth-order valence-corrected chi connectivity index (χ4v) is 4.90. The largest absolute Gasteiger partial charge is 0.481 e. The van der Waals surface area contributed by atoms with Gasteiger partial charge in [-0.3, -0.25) is 19.9 Å². The molecule has 2 unspecified atom stereocenters. The Hall–Kier alpha value is -3.60. The summed E-state index contributed by atoms with van der Waals surface area (Å²) < 4.78 is 6.03. The molecule has 2 atom stereocenters. The van der Waals surface area contributed by atoms with Gasteiger partial charge in [0.1, 0.15) is 17.6 Å². The number of carbonyl (C=O) groups is 2. The number of anilines is 2. The molecule has 1 aromatic heterocycles. The molecule has 0 aromatic carbocycles. The van der Waals surface area contributed by atoms with Crippen molar-refractivity contribution in [2.24, 2.45) is 17.3 Å². The summed E-state index contributed by atoms with van der Waals surface area (Å²) in [6, 6.07) is 3.47. The van der Waals surface area contributed by atoms with Crippen LogP contribution in [0.5, 0.6) is 0 Å². The molecular weight excluding hydrogens is 456 g/mol. The van der Waals surface area contributed by atoms with Crippen molar-refractivity contribution in [3.8, 4) is 11.8 Å². The van der Waals surface area contributed by atoms with E-state index in [1.807, 2.05) is 26.8 Å². The van der Waals surface area contributed by atoms with E-state index in [1.54, 1.807) is 26.1 Å². The van der Waals surface area contributed by atoms with E-state index in [0.717, 1.165) is 18.4 Å². The number of nitrogens with zero attached hydrogens (tertiary/aromatic N) is 2. The number of carboxylic acids is 1. The van der Waals surface area contributed by atoms with E-state index in [4.69, 9.17) is 10.1 Å². The van der Waals surface area contributed by atoms with Crippen LogP contribution in [-0.2, 0) is 14.3 Å². The molecule has 36 heavy (non-hydrogen) atoms. The molecule has 3 N–H and O–H groups in total. The topological polar surface area (TPSA) is 116 Å². The highest BCUT2D eigenvalue weighted by Gasteiger charge is 2.42. The number of hydrogen-bond donors (Lipinski definition) is 3. The Balaban J connectivity index is 1.93. The van der Waals surface area contributed by atoms with Gasteiger partial charge in [-0.15, -0.1) is 0 Å². The lowest BCUT2D eigenvalue weighted by Gasteiger charge is -2.40. The number of amides is 1. The first-order chi connectivity index (χ1) is 17.0. The summed E-state index contributed by atoms with van der Waals surface area (Å²) in [6.45, 7) is 11.5. The monoisotopic (exact) mass is 492 g/mol. The standard InChI is InChI=1S/C28H36N4O4/c1-7-9-24(33)32(22(8-2)17(3)18-10-11-18)23-15-14-21(30-6)25(31-23)26(29)36-19-12-13-20(27(34)35)28(4,5)16-19/h8,14-15,18-20,29-30H,3,10-13,16H2,1-2,4-6H3,(H,34,35)/b22-8+,29-26?. The molecule has 2 aliphatic rings. The number of aromatic nitrogens is 1. The van der Waals surface area contributed by atoms with Crippen LogP contribution in [0.3, 0.4) is 0 Å². The van der Waals surface area contributed by atoms with Gasteiger partial charge in [0.15, 0.2) is 0 Å². The summed E-state index contributed by atoms with van der Waals surface area (Å²) in [5.74, 6) is 4.13. The second kappa shape index (κ2) is 11.0. The molecule has 8 heteroatoms. The van der Waals surface area contributed by atoms with E-state index >= 15 is 0 Å². The third-order valence-electron chi connectivity index (χ3n) is 7.00.